The fourth-order valence-electron chi connectivity index (χ4n) is 3.48. The van der Waals surface area contributed by atoms with E-state index in [0.29, 0.717) is 16.1 Å². The van der Waals surface area contributed by atoms with E-state index in [1.54, 1.807) is 31.2 Å². The van der Waals surface area contributed by atoms with Crippen molar-refractivity contribution in [1.29, 1.82) is 0 Å². The molecule has 0 aromatic heterocycles. The van der Waals surface area contributed by atoms with Crippen molar-refractivity contribution in [2.24, 2.45) is 0 Å². The predicted molar refractivity (Wildman–Crippen MR) is 122 cm³/mol. The Hall–Kier alpha value is -2.87. The number of ether oxygens (including phenoxy) is 1. The van der Waals surface area contributed by atoms with Crippen LogP contribution in [0.15, 0.2) is 53.4 Å². The molecule has 1 atom stereocenters. The SMILES string of the molecule is CC(OC(=O)c1ccccc1SCC(=O)Nc1ccc(F)cc1)C(=O)NC1CCCCC1. The van der Waals surface area contributed by atoms with Crippen molar-refractivity contribution in [3.8, 4) is 0 Å². The third-order valence-corrected chi connectivity index (χ3v) is 6.27. The molecule has 1 aliphatic carbocycles. The van der Waals surface area contributed by atoms with Gasteiger partial charge in [0.15, 0.2) is 6.10 Å². The average Bonchev–Trinajstić information content (AvgIpc) is 2.80. The molecule has 3 rings (SSSR count). The van der Waals surface area contributed by atoms with Crippen LogP contribution in [0.4, 0.5) is 10.1 Å². The minimum Gasteiger partial charge on any atom is -0.449 e. The molecule has 0 aliphatic heterocycles. The first-order valence-electron chi connectivity index (χ1n) is 10.7. The molecule has 32 heavy (non-hydrogen) atoms. The van der Waals surface area contributed by atoms with Crippen LogP contribution < -0.4 is 10.6 Å². The van der Waals surface area contributed by atoms with Gasteiger partial charge < -0.3 is 15.4 Å². The summed E-state index contributed by atoms with van der Waals surface area (Å²) < 4.78 is 18.4. The Morgan fingerprint density at radius 1 is 1.06 bits per heavy atom. The van der Waals surface area contributed by atoms with Gasteiger partial charge in [-0.3, -0.25) is 9.59 Å². The number of benzene rings is 2. The summed E-state index contributed by atoms with van der Waals surface area (Å²) in [6, 6.07) is 12.4. The number of halogens is 1. The summed E-state index contributed by atoms with van der Waals surface area (Å²) in [6.07, 6.45) is 4.37. The van der Waals surface area contributed by atoms with Crippen LogP contribution in [0.5, 0.6) is 0 Å². The molecular weight excluding hydrogens is 431 g/mol. The second kappa shape index (κ2) is 11.7. The summed E-state index contributed by atoms with van der Waals surface area (Å²) in [5.41, 5.74) is 0.784. The van der Waals surface area contributed by atoms with Gasteiger partial charge in [-0.15, -0.1) is 11.8 Å². The van der Waals surface area contributed by atoms with Crippen LogP contribution in [0.25, 0.3) is 0 Å². The number of thioether (sulfide) groups is 1. The van der Waals surface area contributed by atoms with Crippen molar-refractivity contribution in [1.82, 2.24) is 5.32 Å². The number of amides is 2. The molecule has 6 nitrogen and oxygen atoms in total. The van der Waals surface area contributed by atoms with Crippen molar-refractivity contribution >= 4 is 35.2 Å². The van der Waals surface area contributed by atoms with Gasteiger partial charge in [-0.05, 0) is 56.2 Å². The third-order valence-electron chi connectivity index (χ3n) is 5.20. The summed E-state index contributed by atoms with van der Waals surface area (Å²) in [6.45, 7) is 1.56. The lowest BCUT2D eigenvalue weighted by molar-refractivity contribution is -0.130. The van der Waals surface area contributed by atoms with Crippen LogP contribution in [0.1, 0.15) is 49.4 Å². The van der Waals surface area contributed by atoms with Gasteiger partial charge in [-0.2, -0.15) is 0 Å². The zero-order chi connectivity index (χ0) is 22.9. The smallest absolute Gasteiger partial charge is 0.340 e. The number of hydrogen-bond donors (Lipinski definition) is 2. The number of rotatable bonds is 8. The first-order valence-corrected chi connectivity index (χ1v) is 11.7. The Labute approximate surface area is 191 Å². The van der Waals surface area contributed by atoms with Gasteiger partial charge in [0.25, 0.3) is 5.91 Å². The summed E-state index contributed by atoms with van der Waals surface area (Å²) in [4.78, 5) is 37.9. The zero-order valence-corrected chi connectivity index (χ0v) is 18.8. The van der Waals surface area contributed by atoms with Gasteiger partial charge in [-0.1, -0.05) is 31.4 Å². The normalized spacial score (nSPS) is 14.9. The monoisotopic (exact) mass is 458 g/mol. The lowest BCUT2D eigenvalue weighted by atomic mass is 9.95. The number of esters is 1. The van der Waals surface area contributed by atoms with Crippen LogP contribution in [0.3, 0.4) is 0 Å². The molecule has 0 radical (unpaired) electrons. The van der Waals surface area contributed by atoms with Gasteiger partial charge in [0, 0.05) is 16.6 Å². The molecule has 170 valence electrons. The molecule has 2 aromatic rings. The average molecular weight is 459 g/mol. The zero-order valence-electron chi connectivity index (χ0n) is 17.9. The fraction of sp³-hybridized carbons (Fsp3) is 0.375. The maximum absolute atomic E-state index is 13.0. The van der Waals surface area contributed by atoms with Crippen molar-refractivity contribution in [2.45, 2.75) is 56.1 Å². The van der Waals surface area contributed by atoms with E-state index in [9.17, 15) is 18.8 Å². The van der Waals surface area contributed by atoms with E-state index in [1.165, 1.54) is 42.4 Å². The molecule has 1 fully saturated rings. The highest BCUT2D eigenvalue weighted by atomic mass is 32.2. The quantitative estimate of drug-likeness (QED) is 0.448. The van der Waals surface area contributed by atoms with E-state index in [0.717, 1.165) is 25.7 Å². The maximum Gasteiger partial charge on any atom is 0.340 e. The van der Waals surface area contributed by atoms with Crippen LogP contribution in [0, 0.1) is 5.82 Å². The predicted octanol–water partition coefficient (Wildman–Crippen LogP) is 4.55. The van der Waals surface area contributed by atoms with Gasteiger partial charge in [0.1, 0.15) is 5.82 Å². The van der Waals surface area contributed by atoms with Crippen molar-refractivity contribution < 1.29 is 23.5 Å². The van der Waals surface area contributed by atoms with E-state index < -0.39 is 12.1 Å². The van der Waals surface area contributed by atoms with Crippen LogP contribution >= 0.6 is 11.8 Å². The van der Waals surface area contributed by atoms with Crippen LogP contribution in [-0.2, 0) is 14.3 Å². The number of nitrogens with one attached hydrogen (secondary N) is 2. The van der Waals surface area contributed by atoms with Gasteiger partial charge in [0.05, 0.1) is 11.3 Å². The molecule has 1 unspecified atom stereocenters. The topological polar surface area (TPSA) is 84.5 Å². The molecule has 1 aliphatic rings. The number of hydrogen-bond acceptors (Lipinski definition) is 5. The van der Waals surface area contributed by atoms with E-state index in [2.05, 4.69) is 10.6 Å². The molecule has 0 saturated heterocycles. The Balaban J connectivity index is 1.53. The molecule has 0 bridgehead atoms. The summed E-state index contributed by atoms with van der Waals surface area (Å²) in [5, 5.41) is 5.64. The van der Waals surface area contributed by atoms with E-state index in [-0.39, 0.29) is 29.4 Å². The lowest BCUT2D eigenvalue weighted by Gasteiger charge is -2.24. The molecule has 8 heteroatoms. The molecular formula is C24H27FN2O4S. The Morgan fingerprint density at radius 3 is 2.47 bits per heavy atom. The minimum absolute atomic E-state index is 0.0549. The Kier molecular flexibility index (Phi) is 8.67. The summed E-state index contributed by atoms with van der Waals surface area (Å²) in [7, 11) is 0. The van der Waals surface area contributed by atoms with Crippen molar-refractivity contribution in [3.05, 3.63) is 59.9 Å². The molecule has 0 spiro atoms. The van der Waals surface area contributed by atoms with Crippen molar-refractivity contribution in [3.63, 3.8) is 0 Å². The number of carbonyl (C=O) groups excluding carboxylic acids is 3. The Morgan fingerprint density at radius 2 is 1.75 bits per heavy atom. The van der Waals surface area contributed by atoms with Gasteiger partial charge >= 0.3 is 5.97 Å². The van der Waals surface area contributed by atoms with E-state index in [1.807, 2.05) is 0 Å². The first-order chi connectivity index (χ1) is 15.4. The highest BCUT2D eigenvalue weighted by molar-refractivity contribution is 8.00. The van der Waals surface area contributed by atoms with Crippen molar-refractivity contribution in [2.75, 3.05) is 11.1 Å². The Bertz CT molecular complexity index is 945. The van der Waals surface area contributed by atoms with Gasteiger partial charge in [-0.25, -0.2) is 9.18 Å². The summed E-state index contributed by atoms with van der Waals surface area (Å²) >= 11 is 1.18. The molecule has 0 heterocycles. The largest absolute Gasteiger partial charge is 0.449 e. The molecule has 2 N–H and O–H groups in total. The number of carbonyl (C=O) groups is 3. The van der Waals surface area contributed by atoms with Gasteiger partial charge in [0.2, 0.25) is 5.91 Å². The molecule has 2 amide bonds. The second-order valence-corrected chi connectivity index (χ2v) is 8.75. The van der Waals surface area contributed by atoms with E-state index >= 15 is 0 Å². The highest BCUT2D eigenvalue weighted by Gasteiger charge is 2.24. The van der Waals surface area contributed by atoms with Crippen LogP contribution in [-0.4, -0.2) is 35.7 Å². The summed E-state index contributed by atoms with van der Waals surface area (Å²) in [5.74, 6) is -1.52. The highest BCUT2D eigenvalue weighted by Crippen LogP contribution is 2.24. The van der Waals surface area contributed by atoms with Crippen LogP contribution in [0.2, 0.25) is 0 Å². The molecule has 1 saturated carbocycles. The second-order valence-electron chi connectivity index (χ2n) is 7.73. The maximum atomic E-state index is 13.0. The standard InChI is InChI=1S/C24H27FN2O4S/c1-16(23(29)27-18-7-3-2-4-8-18)31-24(30)20-9-5-6-10-21(20)32-15-22(28)26-19-13-11-17(25)12-14-19/h5-6,9-14,16,18H,2-4,7-8,15H2,1H3,(H,26,28)(H,27,29). The third kappa shape index (κ3) is 7.09. The molecule has 2 aromatic carbocycles. The first kappa shape index (κ1) is 23.8. The number of anilines is 1. The van der Waals surface area contributed by atoms with E-state index in [4.69, 9.17) is 4.74 Å². The minimum atomic E-state index is -0.913. The fourth-order valence-corrected chi connectivity index (χ4v) is 4.32. The lowest BCUT2D eigenvalue weighted by Crippen LogP contribution is -2.42.